The summed E-state index contributed by atoms with van der Waals surface area (Å²) in [7, 11) is 0. The molecule has 0 heterocycles. The minimum Gasteiger partial charge on any atom is -0.295 e. The van der Waals surface area contributed by atoms with Crippen molar-refractivity contribution in [2.24, 2.45) is 5.92 Å². The van der Waals surface area contributed by atoms with Crippen molar-refractivity contribution in [3.05, 3.63) is 35.5 Å². The van der Waals surface area contributed by atoms with Gasteiger partial charge in [-0.3, -0.25) is 4.79 Å². The third kappa shape index (κ3) is 9.45. The monoisotopic (exact) mass is 220 g/mol. The van der Waals surface area contributed by atoms with Gasteiger partial charge in [-0.15, -0.1) is 0 Å². The van der Waals surface area contributed by atoms with Crippen LogP contribution in [-0.4, -0.2) is 5.78 Å². The summed E-state index contributed by atoms with van der Waals surface area (Å²) in [6, 6.07) is 0. The topological polar surface area (TPSA) is 17.1 Å². The fourth-order valence-electron chi connectivity index (χ4n) is 1.39. The molecule has 0 spiro atoms. The molecule has 0 aliphatic rings. The van der Waals surface area contributed by atoms with Gasteiger partial charge in [-0.25, -0.2) is 0 Å². The maximum Gasteiger partial charge on any atom is 0.152 e. The van der Waals surface area contributed by atoms with E-state index in [9.17, 15) is 4.79 Å². The quantitative estimate of drug-likeness (QED) is 0.367. The third-order valence-electron chi connectivity index (χ3n) is 2.28. The molecule has 1 heteroatoms. The van der Waals surface area contributed by atoms with Crippen LogP contribution in [0.2, 0.25) is 0 Å². The molecule has 0 aliphatic heterocycles. The van der Waals surface area contributed by atoms with Gasteiger partial charge in [0.1, 0.15) is 0 Å². The largest absolute Gasteiger partial charge is 0.295 e. The Hall–Kier alpha value is -1.11. The van der Waals surface area contributed by atoms with Gasteiger partial charge in [0.25, 0.3) is 0 Å². The van der Waals surface area contributed by atoms with Gasteiger partial charge in [-0.05, 0) is 58.1 Å². The second-order valence-corrected chi connectivity index (χ2v) is 4.76. The number of carbonyl (C=O) groups is 1. The highest BCUT2D eigenvalue weighted by atomic mass is 16.1. The van der Waals surface area contributed by atoms with Crippen molar-refractivity contribution < 1.29 is 4.79 Å². The summed E-state index contributed by atoms with van der Waals surface area (Å²) in [5.41, 5.74) is 2.41. The Morgan fingerprint density at radius 3 is 2.25 bits per heavy atom. The maximum absolute atomic E-state index is 10.8. The highest BCUT2D eigenvalue weighted by Crippen LogP contribution is 2.11. The maximum atomic E-state index is 10.8. The molecule has 0 radical (unpaired) electrons. The minimum atomic E-state index is 0.111. The zero-order valence-corrected chi connectivity index (χ0v) is 11.2. The number of rotatable bonds is 6. The molecule has 0 saturated carbocycles. The van der Waals surface area contributed by atoms with Crippen LogP contribution in [0.1, 0.15) is 47.5 Å². The molecule has 0 aromatic carbocycles. The first-order valence-electron chi connectivity index (χ1n) is 5.90. The van der Waals surface area contributed by atoms with Crippen LogP contribution in [0.25, 0.3) is 0 Å². The summed E-state index contributed by atoms with van der Waals surface area (Å²) >= 11 is 0. The van der Waals surface area contributed by atoms with Gasteiger partial charge in [0.05, 0.1) is 0 Å². The molecule has 0 rings (SSSR count). The predicted octanol–water partition coefficient (Wildman–Crippen LogP) is 4.46. The van der Waals surface area contributed by atoms with Gasteiger partial charge in [-0.2, -0.15) is 0 Å². The van der Waals surface area contributed by atoms with Crippen LogP contribution in [0.4, 0.5) is 0 Å². The van der Waals surface area contributed by atoms with E-state index < -0.39 is 0 Å². The van der Waals surface area contributed by atoms with Gasteiger partial charge in [0, 0.05) is 0 Å². The second-order valence-electron chi connectivity index (χ2n) is 4.76. The molecule has 0 amide bonds. The number of carbonyl (C=O) groups excluding carboxylic acids is 1. The predicted molar refractivity (Wildman–Crippen MR) is 71.4 cm³/mol. The summed E-state index contributed by atoms with van der Waals surface area (Å²) in [4.78, 5) is 10.8. The van der Waals surface area contributed by atoms with Gasteiger partial charge in [-0.1, -0.05) is 30.7 Å². The standard InChI is InChI=1S/C15H24O/c1-12(2)9-10-13(3)7-6-8-14(4)11-15(5)16/h6,8-9,11,13H,7,10H2,1-5H3/b8-6+,14-11+. The Bertz CT molecular complexity index is 301. The first-order valence-corrected chi connectivity index (χ1v) is 5.90. The Kier molecular flexibility index (Phi) is 7.53. The Morgan fingerprint density at radius 1 is 1.12 bits per heavy atom. The zero-order valence-electron chi connectivity index (χ0n) is 11.2. The molecule has 16 heavy (non-hydrogen) atoms. The first-order chi connectivity index (χ1) is 7.41. The normalized spacial score (nSPS) is 13.9. The molecular formula is C15H24O. The van der Waals surface area contributed by atoms with Crippen LogP contribution in [-0.2, 0) is 4.79 Å². The fraction of sp³-hybridized carbons (Fsp3) is 0.533. The van der Waals surface area contributed by atoms with E-state index in [-0.39, 0.29) is 5.78 Å². The van der Waals surface area contributed by atoms with Crippen LogP contribution < -0.4 is 0 Å². The number of allylic oxidation sites excluding steroid dienone is 6. The van der Waals surface area contributed by atoms with E-state index in [0.29, 0.717) is 5.92 Å². The minimum absolute atomic E-state index is 0.111. The van der Waals surface area contributed by atoms with Crippen LogP contribution >= 0.6 is 0 Å². The van der Waals surface area contributed by atoms with Crippen LogP contribution in [0.5, 0.6) is 0 Å². The van der Waals surface area contributed by atoms with E-state index in [1.165, 1.54) is 5.57 Å². The number of hydrogen-bond donors (Lipinski definition) is 0. The summed E-state index contributed by atoms with van der Waals surface area (Å²) in [5.74, 6) is 0.774. The zero-order chi connectivity index (χ0) is 12.6. The lowest BCUT2D eigenvalue weighted by Crippen LogP contribution is -1.90. The van der Waals surface area contributed by atoms with E-state index >= 15 is 0 Å². The molecule has 0 bridgehead atoms. The van der Waals surface area contributed by atoms with Crippen molar-refractivity contribution in [2.75, 3.05) is 0 Å². The highest BCUT2D eigenvalue weighted by molar-refractivity contribution is 5.88. The Labute approximate surface area is 99.9 Å². The summed E-state index contributed by atoms with van der Waals surface area (Å²) in [6.07, 6.45) is 10.3. The van der Waals surface area contributed by atoms with E-state index in [1.807, 2.05) is 13.0 Å². The molecular weight excluding hydrogens is 196 g/mol. The highest BCUT2D eigenvalue weighted by Gasteiger charge is 1.96. The fourth-order valence-corrected chi connectivity index (χ4v) is 1.39. The van der Waals surface area contributed by atoms with Crippen LogP contribution in [0.15, 0.2) is 35.5 Å². The van der Waals surface area contributed by atoms with Gasteiger partial charge < -0.3 is 0 Å². The van der Waals surface area contributed by atoms with Crippen LogP contribution in [0, 0.1) is 5.92 Å². The number of ketones is 1. The second kappa shape index (κ2) is 8.09. The molecule has 90 valence electrons. The molecule has 0 saturated heterocycles. The lowest BCUT2D eigenvalue weighted by molar-refractivity contribution is -0.112. The van der Waals surface area contributed by atoms with Crippen molar-refractivity contribution in [3.8, 4) is 0 Å². The first kappa shape index (κ1) is 14.9. The van der Waals surface area contributed by atoms with Gasteiger partial charge in [0.2, 0.25) is 0 Å². The Morgan fingerprint density at radius 2 is 1.75 bits per heavy atom. The van der Waals surface area contributed by atoms with E-state index in [1.54, 1.807) is 13.0 Å². The molecule has 0 aromatic rings. The number of hydrogen-bond acceptors (Lipinski definition) is 1. The van der Waals surface area contributed by atoms with Crippen molar-refractivity contribution in [2.45, 2.75) is 47.5 Å². The van der Waals surface area contributed by atoms with E-state index in [2.05, 4.69) is 32.9 Å². The summed E-state index contributed by atoms with van der Waals surface area (Å²) in [5, 5.41) is 0. The van der Waals surface area contributed by atoms with Gasteiger partial charge in [0.15, 0.2) is 5.78 Å². The van der Waals surface area contributed by atoms with Crippen molar-refractivity contribution in [1.29, 1.82) is 0 Å². The van der Waals surface area contributed by atoms with Crippen LogP contribution in [0.3, 0.4) is 0 Å². The SMILES string of the molecule is CC(=O)/C=C(C)/C=C/CC(C)CC=C(C)C. The van der Waals surface area contributed by atoms with Crippen molar-refractivity contribution in [3.63, 3.8) is 0 Å². The molecule has 1 unspecified atom stereocenters. The lowest BCUT2D eigenvalue weighted by Gasteiger charge is -2.04. The lowest BCUT2D eigenvalue weighted by atomic mass is 10.0. The molecule has 0 aromatic heterocycles. The summed E-state index contributed by atoms with van der Waals surface area (Å²) < 4.78 is 0. The molecule has 1 atom stereocenters. The van der Waals surface area contributed by atoms with Crippen molar-refractivity contribution in [1.82, 2.24) is 0 Å². The van der Waals surface area contributed by atoms with Gasteiger partial charge >= 0.3 is 0 Å². The molecule has 0 fully saturated rings. The van der Waals surface area contributed by atoms with E-state index in [4.69, 9.17) is 0 Å². The molecule has 1 nitrogen and oxygen atoms in total. The Balaban J connectivity index is 4.00. The van der Waals surface area contributed by atoms with E-state index in [0.717, 1.165) is 18.4 Å². The molecule has 0 N–H and O–H groups in total. The molecule has 0 aliphatic carbocycles. The summed E-state index contributed by atoms with van der Waals surface area (Å²) in [6.45, 7) is 10.0. The third-order valence-corrected chi connectivity index (χ3v) is 2.28. The smallest absolute Gasteiger partial charge is 0.152 e. The van der Waals surface area contributed by atoms with Crippen molar-refractivity contribution >= 4 is 5.78 Å². The average molecular weight is 220 g/mol. The average Bonchev–Trinajstić information content (AvgIpc) is 2.13.